The monoisotopic (exact) mass is 298 g/mol. The van der Waals surface area contributed by atoms with Crippen molar-refractivity contribution < 1.29 is 18.0 Å². The van der Waals surface area contributed by atoms with E-state index in [1.807, 2.05) is 13.8 Å². The summed E-state index contributed by atoms with van der Waals surface area (Å²) in [6.45, 7) is 3.78. The first kappa shape index (κ1) is 15.0. The number of carbonyl (C=O) groups is 1. The topological polar surface area (TPSA) is 73.8 Å². The molecule has 0 aliphatic rings. The summed E-state index contributed by atoms with van der Waals surface area (Å²) in [5.74, 6) is -1.01. The fraction of sp³-hybridized carbons (Fsp3) is 0.308. The summed E-state index contributed by atoms with van der Waals surface area (Å²) < 4.78 is 39.4. The lowest BCUT2D eigenvalue weighted by atomic mass is 10.1. The quantitative estimate of drug-likeness (QED) is 0.946. The van der Waals surface area contributed by atoms with Gasteiger partial charge in [-0.2, -0.15) is 18.3 Å². The Morgan fingerprint density at radius 3 is 2.43 bits per heavy atom. The predicted molar refractivity (Wildman–Crippen MR) is 69.0 cm³/mol. The van der Waals surface area contributed by atoms with E-state index in [1.54, 1.807) is 6.07 Å². The van der Waals surface area contributed by atoms with E-state index >= 15 is 0 Å². The van der Waals surface area contributed by atoms with E-state index in [1.165, 1.54) is 6.20 Å². The van der Waals surface area contributed by atoms with E-state index in [0.29, 0.717) is 5.69 Å². The maximum Gasteiger partial charge on any atom is 0.433 e. The van der Waals surface area contributed by atoms with Gasteiger partial charge in [0.05, 0.1) is 11.3 Å². The molecule has 5 nitrogen and oxygen atoms in total. The van der Waals surface area contributed by atoms with Gasteiger partial charge in [-0.25, -0.2) is 9.67 Å². The molecule has 0 unspecified atom stereocenters. The molecule has 0 aromatic carbocycles. The Labute approximate surface area is 118 Å². The van der Waals surface area contributed by atoms with Gasteiger partial charge in [-0.05, 0) is 24.1 Å². The molecule has 0 aliphatic heterocycles. The van der Waals surface area contributed by atoms with Crippen LogP contribution in [0.4, 0.5) is 13.2 Å². The maximum atomic E-state index is 12.7. The zero-order valence-electron chi connectivity index (χ0n) is 11.3. The van der Waals surface area contributed by atoms with Gasteiger partial charge >= 0.3 is 6.18 Å². The Kier molecular flexibility index (Phi) is 3.71. The summed E-state index contributed by atoms with van der Waals surface area (Å²) in [6.07, 6.45) is -3.16. The summed E-state index contributed by atoms with van der Waals surface area (Å²) in [5, 5.41) is 4.13. The van der Waals surface area contributed by atoms with Crippen LogP contribution in [0.1, 0.15) is 41.5 Å². The van der Waals surface area contributed by atoms with E-state index in [-0.39, 0.29) is 17.3 Å². The normalized spacial score (nSPS) is 11.9. The van der Waals surface area contributed by atoms with Gasteiger partial charge in [-0.15, -0.1) is 0 Å². The van der Waals surface area contributed by atoms with Crippen molar-refractivity contribution in [3.8, 4) is 5.82 Å². The first-order chi connectivity index (χ1) is 9.70. The number of hydrogen-bond donors (Lipinski definition) is 1. The SMILES string of the molecule is CC(C)c1ccn(-c2nc(C(F)(F)F)ccc2C(N)=O)n1. The summed E-state index contributed by atoms with van der Waals surface area (Å²) in [4.78, 5) is 14.8. The number of amides is 1. The zero-order chi connectivity index (χ0) is 15.8. The number of carbonyl (C=O) groups excluding carboxylic acids is 1. The molecule has 2 heterocycles. The molecule has 0 saturated carbocycles. The molecule has 0 spiro atoms. The minimum atomic E-state index is -4.61. The highest BCUT2D eigenvalue weighted by atomic mass is 19.4. The van der Waals surface area contributed by atoms with Crippen LogP contribution in [0, 0.1) is 0 Å². The molecule has 112 valence electrons. The van der Waals surface area contributed by atoms with Crippen molar-refractivity contribution in [1.29, 1.82) is 0 Å². The molecular weight excluding hydrogens is 285 g/mol. The Bertz CT molecular complexity index is 676. The largest absolute Gasteiger partial charge is 0.433 e. The molecule has 0 fully saturated rings. The number of aromatic nitrogens is 3. The molecule has 0 aliphatic carbocycles. The number of hydrogen-bond acceptors (Lipinski definition) is 3. The van der Waals surface area contributed by atoms with Crippen LogP contribution in [0.3, 0.4) is 0 Å². The molecule has 2 rings (SSSR count). The summed E-state index contributed by atoms with van der Waals surface area (Å²) >= 11 is 0. The lowest BCUT2D eigenvalue weighted by molar-refractivity contribution is -0.141. The third kappa shape index (κ3) is 3.04. The lowest BCUT2D eigenvalue weighted by Gasteiger charge is -2.11. The Hall–Kier alpha value is -2.38. The number of rotatable bonds is 3. The number of nitrogens with two attached hydrogens (primary N) is 1. The Balaban J connectivity index is 2.60. The van der Waals surface area contributed by atoms with Gasteiger partial charge in [0.1, 0.15) is 5.69 Å². The average Bonchev–Trinajstić information content (AvgIpc) is 2.86. The lowest BCUT2D eigenvalue weighted by Crippen LogP contribution is -2.19. The van der Waals surface area contributed by atoms with Crippen LogP contribution in [0.15, 0.2) is 24.4 Å². The minimum absolute atomic E-state index is 0.0917. The van der Waals surface area contributed by atoms with Crippen LogP contribution in [-0.4, -0.2) is 20.7 Å². The zero-order valence-corrected chi connectivity index (χ0v) is 11.3. The number of primary amides is 1. The van der Waals surface area contributed by atoms with Crippen LogP contribution < -0.4 is 5.73 Å². The molecule has 8 heteroatoms. The van der Waals surface area contributed by atoms with Crippen LogP contribution in [0.5, 0.6) is 0 Å². The van der Waals surface area contributed by atoms with Crippen molar-refractivity contribution in [2.24, 2.45) is 5.73 Å². The van der Waals surface area contributed by atoms with Gasteiger partial charge in [0.25, 0.3) is 5.91 Å². The van der Waals surface area contributed by atoms with Crippen LogP contribution in [0.25, 0.3) is 5.82 Å². The van der Waals surface area contributed by atoms with Crippen molar-refractivity contribution >= 4 is 5.91 Å². The minimum Gasteiger partial charge on any atom is -0.365 e. The van der Waals surface area contributed by atoms with Gasteiger partial charge in [-0.3, -0.25) is 4.79 Å². The van der Waals surface area contributed by atoms with E-state index in [2.05, 4.69) is 10.1 Å². The number of nitrogens with zero attached hydrogens (tertiary/aromatic N) is 3. The molecule has 2 aromatic rings. The third-order valence-electron chi connectivity index (χ3n) is 2.85. The van der Waals surface area contributed by atoms with Gasteiger partial charge in [0.15, 0.2) is 5.82 Å². The smallest absolute Gasteiger partial charge is 0.365 e. The first-order valence-electron chi connectivity index (χ1n) is 6.14. The van der Waals surface area contributed by atoms with Crippen LogP contribution in [0.2, 0.25) is 0 Å². The van der Waals surface area contributed by atoms with Gasteiger partial charge < -0.3 is 5.73 Å². The second-order valence-corrected chi connectivity index (χ2v) is 4.77. The van der Waals surface area contributed by atoms with E-state index in [0.717, 1.165) is 16.8 Å². The first-order valence-corrected chi connectivity index (χ1v) is 6.14. The third-order valence-corrected chi connectivity index (χ3v) is 2.85. The molecular formula is C13H13F3N4O. The molecule has 0 saturated heterocycles. The number of halogens is 3. The van der Waals surface area contributed by atoms with E-state index in [4.69, 9.17) is 5.73 Å². The van der Waals surface area contributed by atoms with Crippen LogP contribution in [-0.2, 0) is 6.18 Å². The highest BCUT2D eigenvalue weighted by molar-refractivity contribution is 5.95. The Morgan fingerprint density at radius 2 is 1.95 bits per heavy atom. The van der Waals surface area contributed by atoms with Gasteiger partial charge in [0.2, 0.25) is 0 Å². The highest BCUT2D eigenvalue weighted by Crippen LogP contribution is 2.29. The second-order valence-electron chi connectivity index (χ2n) is 4.77. The van der Waals surface area contributed by atoms with Gasteiger partial charge in [-0.1, -0.05) is 13.8 Å². The fourth-order valence-electron chi connectivity index (χ4n) is 1.74. The fourth-order valence-corrected chi connectivity index (χ4v) is 1.74. The molecule has 21 heavy (non-hydrogen) atoms. The van der Waals surface area contributed by atoms with E-state index < -0.39 is 17.8 Å². The highest BCUT2D eigenvalue weighted by Gasteiger charge is 2.33. The maximum absolute atomic E-state index is 12.7. The molecule has 0 radical (unpaired) electrons. The standard InChI is InChI=1S/C13H13F3N4O/c1-7(2)9-5-6-20(19-9)12-8(11(17)21)3-4-10(18-12)13(14,15)16/h3-7H,1-2H3,(H2,17,21). The molecule has 0 atom stereocenters. The van der Waals surface area contributed by atoms with Crippen LogP contribution >= 0.6 is 0 Å². The van der Waals surface area contributed by atoms with Crippen molar-refractivity contribution in [3.05, 3.63) is 41.3 Å². The summed E-state index contributed by atoms with van der Waals surface area (Å²) in [7, 11) is 0. The summed E-state index contributed by atoms with van der Waals surface area (Å²) in [6, 6.07) is 3.37. The second kappa shape index (κ2) is 5.19. The predicted octanol–water partition coefficient (Wildman–Crippen LogP) is 2.51. The number of alkyl halides is 3. The number of pyridine rings is 1. The van der Waals surface area contributed by atoms with Crippen molar-refractivity contribution in [3.63, 3.8) is 0 Å². The Morgan fingerprint density at radius 1 is 1.29 bits per heavy atom. The molecule has 1 amide bonds. The van der Waals surface area contributed by atoms with Crippen molar-refractivity contribution in [1.82, 2.24) is 14.8 Å². The van der Waals surface area contributed by atoms with E-state index in [9.17, 15) is 18.0 Å². The summed E-state index contributed by atoms with van der Waals surface area (Å²) in [5.41, 5.74) is 4.62. The molecule has 2 N–H and O–H groups in total. The molecule has 2 aromatic heterocycles. The molecule has 0 bridgehead atoms. The van der Waals surface area contributed by atoms with Gasteiger partial charge in [0, 0.05) is 6.20 Å². The van der Waals surface area contributed by atoms with Crippen molar-refractivity contribution in [2.45, 2.75) is 25.9 Å². The average molecular weight is 298 g/mol. The van der Waals surface area contributed by atoms with Crippen molar-refractivity contribution in [2.75, 3.05) is 0 Å².